The number of rotatable bonds is 5. The molecule has 152 valence electrons. The first-order chi connectivity index (χ1) is 14.4. The Hall–Kier alpha value is -3.65. The Labute approximate surface area is 174 Å². The van der Waals surface area contributed by atoms with Gasteiger partial charge in [-0.3, -0.25) is 13.9 Å². The van der Waals surface area contributed by atoms with E-state index in [0.717, 1.165) is 5.56 Å². The van der Waals surface area contributed by atoms with Crippen LogP contribution >= 0.6 is 0 Å². The first-order valence-corrected chi connectivity index (χ1v) is 10.7. The van der Waals surface area contributed by atoms with E-state index >= 15 is 0 Å². The fourth-order valence-corrected chi connectivity index (χ4v) is 4.40. The van der Waals surface area contributed by atoms with Crippen LogP contribution in [-0.2, 0) is 16.6 Å². The maximum Gasteiger partial charge on any atom is 0.264 e. The molecule has 0 unspecified atom stereocenters. The molecule has 0 saturated carbocycles. The highest BCUT2D eigenvalue weighted by Gasteiger charge is 2.22. The van der Waals surface area contributed by atoms with Crippen molar-refractivity contribution in [2.45, 2.75) is 11.4 Å². The average Bonchev–Trinajstić information content (AvgIpc) is 3.14. The SMILES string of the molecule is CN(c1ccccc1)S(=O)(=O)c1ccc(C(=O)Nc2ccc3c(c2)C(=O)NC3)cc1. The molecule has 0 aromatic heterocycles. The van der Waals surface area contributed by atoms with Gasteiger partial charge < -0.3 is 10.6 Å². The summed E-state index contributed by atoms with van der Waals surface area (Å²) in [5.74, 6) is -0.563. The van der Waals surface area contributed by atoms with Gasteiger partial charge in [-0.25, -0.2) is 8.42 Å². The average molecular weight is 421 g/mol. The summed E-state index contributed by atoms with van der Waals surface area (Å²) in [5, 5.41) is 5.46. The quantitative estimate of drug-likeness (QED) is 0.662. The third-order valence-electron chi connectivity index (χ3n) is 4.95. The monoisotopic (exact) mass is 421 g/mol. The van der Waals surface area contributed by atoms with Crippen LogP contribution in [0.4, 0.5) is 11.4 Å². The van der Waals surface area contributed by atoms with Gasteiger partial charge in [-0.1, -0.05) is 24.3 Å². The number of carbonyl (C=O) groups is 2. The van der Waals surface area contributed by atoms with Crippen molar-refractivity contribution in [1.82, 2.24) is 5.32 Å². The highest BCUT2D eigenvalue weighted by molar-refractivity contribution is 7.92. The van der Waals surface area contributed by atoms with Gasteiger partial charge in [0.1, 0.15) is 0 Å². The molecular formula is C22H19N3O4S. The highest BCUT2D eigenvalue weighted by Crippen LogP contribution is 2.23. The maximum atomic E-state index is 12.8. The molecule has 0 atom stereocenters. The minimum Gasteiger partial charge on any atom is -0.348 e. The van der Waals surface area contributed by atoms with Crippen molar-refractivity contribution < 1.29 is 18.0 Å². The topological polar surface area (TPSA) is 95.6 Å². The zero-order valence-corrected chi connectivity index (χ0v) is 16.9. The van der Waals surface area contributed by atoms with Crippen molar-refractivity contribution in [3.8, 4) is 0 Å². The molecule has 4 rings (SSSR count). The number of hydrogen-bond acceptors (Lipinski definition) is 4. The number of nitrogens with zero attached hydrogens (tertiary/aromatic N) is 1. The third kappa shape index (κ3) is 3.65. The molecule has 1 aliphatic rings. The van der Waals surface area contributed by atoms with Gasteiger partial charge in [-0.05, 0) is 54.1 Å². The summed E-state index contributed by atoms with van der Waals surface area (Å²) in [6, 6.07) is 19.6. The Morgan fingerprint density at radius 2 is 1.70 bits per heavy atom. The zero-order valence-electron chi connectivity index (χ0n) is 16.1. The molecule has 0 aliphatic carbocycles. The minimum absolute atomic E-state index is 0.0830. The molecule has 7 nitrogen and oxygen atoms in total. The van der Waals surface area contributed by atoms with E-state index in [9.17, 15) is 18.0 Å². The number of hydrogen-bond donors (Lipinski definition) is 2. The summed E-state index contributed by atoms with van der Waals surface area (Å²) in [4.78, 5) is 24.4. The van der Waals surface area contributed by atoms with Gasteiger partial charge in [0.25, 0.3) is 21.8 Å². The molecule has 8 heteroatoms. The van der Waals surface area contributed by atoms with E-state index in [2.05, 4.69) is 10.6 Å². The number of para-hydroxylation sites is 1. The number of amides is 2. The molecule has 1 heterocycles. The lowest BCUT2D eigenvalue weighted by Crippen LogP contribution is -2.26. The van der Waals surface area contributed by atoms with Crippen LogP contribution in [0.25, 0.3) is 0 Å². The predicted octanol–water partition coefficient (Wildman–Crippen LogP) is 3.01. The summed E-state index contributed by atoms with van der Waals surface area (Å²) >= 11 is 0. The number of sulfonamides is 1. The molecule has 3 aromatic carbocycles. The first kappa shape index (κ1) is 19.7. The molecule has 0 spiro atoms. The summed E-state index contributed by atoms with van der Waals surface area (Å²) in [5.41, 5.74) is 2.77. The number of anilines is 2. The van der Waals surface area contributed by atoms with Gasteiger partial charge in [-0.15, -0.1) is 0 Å². The van der Waals surface area contributed by atoms with E-state index in [-0.39, 0.29) is 10.8 Å². The third-order valence-corrected chi connectivity index (χ3v) is 6.75. The van der Waals surface area contributed by atoms with E-state index in [4.69, 9.17) is 0 Å². The number of fused-ring (bicyclic) bond motifs is 1. The lowest BCUT2D eigenvalue weighted by Gasteiger charge is -2.19. The zero-order chi connectivity index (χ0) is 21.3. The van der Waals surface area contributed by atoms with E-state index in [1.54, 1.807) is 42.5 Å². The van der Waals surface area contributed by atoms with Crippen LogP contribution in [0.2, 0.25) is 0 Å². The van der Waals surface area contributed by atoms with Crippen molar-refractivity contribution in [2.24, 2.45) is 0 Å². The summed E-state index contributed by atoms with van der Waals surface area (Å²) < 4.78 is 26.9. The van der Waals surface area contributed by atoms with Crippen molar-refractivity contribution in [3.05, 3.63) is 89.5 Å². The fraction of sp³-hybridized carbons (Fsp3) is 0.0909. The number of nitrogens with one attached hydrogen (secondary N) is 2. The summed E-state index contributed by atoms with van der Waals surface area (Å²) in [7, 11) is -2.27. The largest absolute Gasteiger partial charge is 0.348 e. The van der Waals surface area contributed by atoms with E-state index in [1.807, 2.05) is 6.07 Å². The summed E-state index contributed by atoms with van der Waals surface area (Å²) in [6.45, 7) is 0.482. The molecule has 0 fully saturated rings. The van der Waals surface area contributed by atoms with E-state index in [0.29, 0.717) is 29.0 Å². The molecule has 30 heavy (non-hydrogen) atoms. The van der Waals surface area contributed by atoms with Crippen LogP contribution < -0.4 is 14.9 Å². The number of benzene rings is 3. The molecular weight excluding hydrogens is 402 g/mol. The standard InChI is InChI=1S/C22H19N3O4S/c1-25(18-5-3-2-4-6-18)30(28,29)19-11-8-15(9-12-19)21(26)24-17-10-7-16-14-23-22(27)20(16)13-17/h2-13H,14H2,1H3,(H,23,27)(H,24,26). The second-order valence-electron chi connectivity index (χ2n) is 6.84. The molecule has 1 aliphatic heterocycles. The highest BCUT2D eigenvalue weighted by atomic mass is 32.2. The first-order valence-electron chi connectivity index (χ1n) is 9.23. The predicted molar refractivity (Wildman–Crippen MR) is 114 cm³/mol. The smallest absolute Gasteiger partial charge is 0.264 e. The Morgan fingerprint density at radius 3 is 2.40 bits per heavy atom. The number of carbonyl (C=O) groups excluding carboxylic acids is 2. The molecule has 0 saturated heterocycles. The second-order valence-corrected chi connectivity index (χ2v) is 8.81. The van der Waals surface area contributed by atoms with Gasteiger partial charge in [0.2, 0.25) is 0 Å². The molecule has 3 aromatic rings. The van der Waals surface area contributed by atoms with Crippen molar-refractivity contribution in [1.29, 1.82) is 0 Å². The van der Waals surface area contributed by atoms with Crippen LogP contribution in [0.5, 0.6) is 0 Å². The van der Waals surface area contributed by atoms with Crippen molar-refractivity contribution in [2.75, 3.05) is 16.7 Å². The van der Waals surface area contributed by atoms with Crippen LogP contribution in [-0.4, -0.2) is 27.3 Å². The van der Waals surface area contributed by atoms with E-state index in [1.165, 1.54) is 35.6 Å². The lowest BCUT2D eigenvalue weighted by molar-refractivity contribution is 0.0964. The van der Waals surface area contributed by atoms with Gasteiger partial charge >= 0.3 is 0 Å². The summed E-state index contributed by atoms with van der Waals surface area (Å²) in [6.07, 6.45) is 0. The minimum atomic E-state index is -3.75. The van der Waals surface area contributed by atoms with Gasteiger partial charge in [0.05, 0.1) is 10.6 Å². The van der Waals surface area contributed by atoms with Crippen molar-refractivity contribution >= 4 is 33.2 Å². The van der Waals surface area contributed by atoms with Gasteiger partial charge in [-0.2, -0.15) is 0 Å². The van der Waals surface area contributed by atoms with Gasteiger partial charge in [0.15, 0.2) is 0 Å². The van der Waals surface area contributed by atoms with Crippen LogP contribution in [0.3, 0.4) is 0 Å². The Bertz CT molecular complexity index is 1220. The molecule has 0 bridgehead atoms. The molecule has 2 N–H and O–H groups in total. The molecule has 2 amide bonds. The normalized spacial score (nSPS) is 12.8. The second kappa shape index (κ2) is 7.64. The van der Waals surface area contributed by atoms with Crippen LogP contribution in [0, 0.1) is 0 Å². The maximum absolute atomic E-state index is 12.8. The van der Waals surface area contributed by atoms with Crippen molar-refractivity contribution in [3.63, 3.8) is 0 Å². The van der Waals surface area contributed by atoms with E-state index < -0.39 is 15.9 Å². The van der Waals surface area contributed by atoms with Gasteiger partial charge in [0, 0.05) is 30.4 Å². The Kier molecular flexibility index (Phi) is 5.01. The van der Waals surface area contributed by atoms with Crippen LogP contribution in [0.15, 0.2) is 77.7 Å². The fourth-order valence-electron chi connectivity index (χ4n) is 3.21. The lowest BCUT2D eigenvalue weighted by atomic mass is 10.1. The Morgan fingerprint density at radius 1 is 1.00 bits per heavy atom. The molecule has 0 radical (unpaired) electrons. The van der Waals surface area contributed by atoms with Crippen LogP contribution in [0.1, 0.15) is 26.3 Å². The Balaban J connectivity index is 1.51.